The minimum absolute atomic E-state index is 0.00717. The highest BCUT2D eigenvalue weighted by Crippen LogP contribution is 2.24. The zero-order chi connectivity index (χ0) is 23.2. The van der Waals surface area contributed by atoms with Gasteiger partial charge in [-0.25, -0.2) is 0 Å². The van der Waals surface area contributed by atoms with E-state index in [1.807, 2.05) is 35.2 Å². The second-order valence-corrected chi connectivity index (χ2v) is 8.34. The summed E-state index contributed by atoms with van der Waals surface area (Å²) in [7, 11) is 0. The third-order valence-electron chi connectivity index (χ3n) is 6.32. The van der Waals surface area contributed by atoms with E-state index < -0.39 is 4.92 Å². The molecule has 0 unspecified atom stereocenters. The highest BCUT2D eigenvalue weighted by molar-refractivity contribution is 5.81. The van der Waals surface area contributed by atoms with Crippen molar-refractivity contribution in [3.63, 3.8) is 0 Å². The fourth-order valence-electron chi connectivity index (χ4n) is 4.36. The van der Waals surface area contributed by atoms with Gasteiger partial charge in [-0.1, -0.05) is 18.2 Å². The van der Waals surface area contributed by atoms with Gasteiger partial charge >= 0.3 is 0 Å². The fourth-order valence-corrected chi connectivity index (χ4v) is 4.36. The van der Waals surface area contributed by atoms with Gasteiger partial charge in [-0.3, -0.25) is 19.7 Å². The van der Waals surface area contributed by atoms with Crippen LogP contribution in [0.5, 0.6) is 5.75 Å². The normalized spacial score (nSPS) is 17.0. The van der Waals surface area contributed by atoms with Crippen molar-refractivity contribution in [2.24, 2.45) is 5.92 Å². The number of nitro groups is 1. The molecule has 2 aromatic carbocycles. The van der Waals surface area contributed by atoms with Gasteiger partial charge < -0.3 is 19.4 Å². The Labute approximate surface area is 192 Å². The molecule has 2 heterocycles. The Kier molecular flexibility index (Phi) is 7.07. The molecule has 0 aromatic heterocycles. The molecule has 9 nitrogen and oxygen atoms in total. The van der Waals surface area contributed by atoms with E-state index in [1.165, 1.54) is 12.1 Å². The van der Waals surface area contributed by atoms with Gasteiger partial charge in [-0.05, 0) is 37.1 Å². The van der Waals surface area contributed by atoms with Gasteiger partial charge in [-0.15, -0.1) is 0 Å². The number of piperazine rings is 1. The molecule has 9 heteroatoms. The van der Waals surface area contributed by atoms with Crippen molar-refractivity contribution in [2.75, 3.05) is 50.8 Å². The largest absolute Gasteiger partial charge is 0.484 e. The molecular formula is C24H28N4O5. The van der Waals surface area contributed by atoms with Crippen molar-refractivity contribution in [1.29, 1.82) is 0 Å². The van der Waals surface area contributed by atoms with Gasteiger partial charge in [0, 0.05) is 63.0 Å². The number of benzene rings is 2. The highest BCUT2D eigenvalue weighted by Gasteiger charge is 2.31. The maximum absolute atomic E-state index is 13.0. The summed E-state index contributed by atoms with van der Waals surface area (Å²) in [6.07, 6.45) is 1.33. The molecule has 4 rings (SSSR count). The average molecular weight is 453 g/mol. The Morgan fingerprint density at radius 1 is 0.879 bits per heavy atom. The Balaban J connectivity index is 1.21. The average Bonchev–Trinajstić information content (AvgIpc) is 2.87. The van der Waals surface area contributed by atoms with Crippen molar-refractivity contribution in [3.8, 4) is 5.75 Å². The van der Waals surface area contributed by atoms with E-state index in [0.29, 0.717) is 57.9 Å². The number of non-ortho nitro benzene ring substituents is 1. The quantitative estimate of drug-likeness (QED) is 0.494. The van der Waals surface area contributed by atoms with Gasteiger partial charge in [0.05, 0.1) is 4.92 Å². The maximum atomic E-state index is 13.0. The number of nitrogens with zero attached hydrogens (tertiary/aromatic N) is 4. The van der Waals surface area contributed by atoms with Crippen molar-refractivity contribution < 1.29 is 19.2 Å². The number of rotatable bonds is 6. The summed E-state index contributed by atoms with van der Waals surface area (Å²) in [5, 5.41) is 10.8. The predicted octanol–water partition coefficient (Wildman–Crippen LogP) is 2.56. The van der Waals surface area contributed by atoms with Crippen LogP contribution in [0.3, 0.4) is 0 Å². The van der Waals surface area contributed by atoms with Gasteiger partial charge in [0.15, 0.2) is 6.61 Å². The SMILES string of the molecule is O=C(COc1ccccc1)N1CCC(C(=O)N2CCN(c3ccc([N+](=O)[O-])cc3)CC2)CC1. The molecule has 33 heavy (non-hydrogen) atoms. The summed E-state index contributed by atoms with van der Waals surface area (Å²) >= 11 is 0. The van der Waals surface area contributed by atoms with Crippen molar-refractivity contribution in [2.45, 2.75) is 12.8 Å². The molecular weight excluding hydrogens is 424 g/mol. The van der Waals surface area contributed by atoms with Crippen LogP contribution in [0.15, 0.2) is 54.6 Å². The molecule has 0 saturated carbocycles. The fraction of sp³-hybridized carbons (Fsp3) is 0.417. The topological polar surface area (TPSA) is 96.2 Å². The first-order chi connectivity index (χ1) is 16.0. The number of ether oxygens (including phenoxy) is 1. The Hall–Kier alpha value is -3.62. The zero-order valence-corrected chi connectivity index (χ0v) is 18.5. The number of hydrogen-bond donors (Lipinski definition) is 0. The van der Waals surface area contributed by atoms with E-state index in [2.05, 4.69) is 4.90 Å². The summed E-state index contributed by atoms with van der Waals surface area (Å²) in [4.78, 5) is 41.7. The summed E-state index contributed by atoms with van der Waals surface area (Å²) in [6.45, 7) is 3.77. The van der Waals surface area contributed by atoms with E-state index in [1.54, 1.807) is 17.0 Å². The van der Waals surface area contributed by atoms with Crippen molar-refractivity contribution in [3.05, 3.63) is 64.7 Å². The molecule has 2 aliphatic heterocycles. The van der Waals surface area contributed by atoms with Crippen LogP contribution in [0, 0.1) is 16.0 Å². The van der Waals surface area contributed by atoms with E-state index in [0.717, 1.165) is 5.69 Å². The first kappa shape index (κ1) is 22.6. The lowest BCUT2D eigenvalue weighted by atomic mass is 9.95. The number of hydrogen-bond acceptors (Lipinski definition) is 6. The molecule has 0 N–H and O–H groups in total. The lowest BCUT2D eigenvalue weighted by Gasteiger charge is -2.39. The van der Waals surface area contributed by atoms with Gasteiger partial charge in [0.2, 0.25) is 5.91 Å². The van der Waals surface area contributed by atoms with Crippen LogP contribution < -0.4 is 9.64 Å². The Morgan fingerprint density at radius 2 is 1.52 bits per heavy atom. The van der Waals surface area contributed by atoms with Crippen LogP contribution >= 0.6 is 0 Å². The maximum Gasteiger partial charge on any atom is 0.269 e. The van der Waals surface area contributed by atoms with Crippen LogP contribution in [-0.4, -0.2) is 72.4 Å². The monoisotopic (exact) mass is 452 g/mol. The molecule has 2 fully saturated rings. The molecule has 2 amide bonds. The second kappa shape index (κ2) is 10.3. The van der Waals surface area contributed by atoms with E-state index in [4.69, 9.17) is 4.74 Å². The number of carbonyl (C=O) groups excluding carboxylic acids is 2. The lowest BCUT2D eigenvalue weighted by Crippen LogP contribution is -2.52. The van der Waals surface area contributed by atoms with Crippen LogP contribution in [0.2, 0.25) is 0 Å². The summed E-state index contributed by atoms with van der Waals surface area (Å²) in [6, 6.07) is 15.8. The zero-order valence-electron chi connectivity index (χ0n) is 18.5. The molecule has 2 saturated heterocycles. The number of amides is 2. The first-order valence-corrected chi connectivity index (χ1v) is 11.2. The van der Waals surface area contributed by atoms with Gasteiger partial charge in [0.25, 0.3) is 11.6 Å². The third-order valence-corrected chi connectivity index (χ3v) is 6.32. The molecule has 0 spiro atoms. The molecule has 2 aliphatic rings. The highest BCUT2D eigenvalue weighted by atomic mass is 16.6. The van der Waals surface area contributed by atoms with E-state index in [9.17, 15) is 19.7 Å². The predicted molar refractivity (Wildman–Crippen MR) is 123 cm³/mol. The smallest absolute Gasteiger partial charge is 0.269 e. The van der Waals surface area contributed by atoms with Gasteiger partial charge in [0.1, 0.15) is 5.75 Å². The van der Waals surface area contributed by atoms with Crippen LogP contribution in [0.25, 0.3) is 0 Å². The summed E-state index contributed by atoms with van der Waals surface area (Å²) in [5.41, 5.74) is 1.00. The van der Waals surface area contributed by atoms with Crippen LogP contribution in [0.4, 0.5) is 11.4 Å². The molecule has 0 aliphatic carbocycles. The number of likely N-dealkylation sites (tertiary alicyclic amines) is 1. The number of nitro benzene ring substituents is 1. The minimum atomic E-state index is -0.407. The van der Waals surface area contributed by atoms with Crippen LogP contribution in [-0.2, 0) is 9.59 Å². The van der Waals surface area contributed by atoms with Gasteiger partial charge in [-0.2, -0.15) is 0 Å². The number of para-hydroxylation sites is 1. The third kappa shape index (κ3) is 5.60. The number of anilines is 1. The molecule has 0 radical (unpaired) electrons. The minimum Gasteiger partial charge on any atom is -0.484 e. The second-order valence-electron chi connectivity index (χ2n) is 8.34. The Bertz CT molecular complexity index is 966. The summed E-state index contributed by atoms with van der Waals surface area (Å²) in [5.74, 6) is 0.714. The van der Waals surface area contributed by atoms with E-state index in [-0.39, 0.29) is 30.0 Å². The summed E-state index contributed by atoms with van der Waals surface area (Å²) < 4.78 is 5.55. The molecule has 174 valence electrons. The molecule has 2 aromatic rings. The molecule has 0 atom stereocenters. The lowest BCUT2D eigenvalue weighted by molar-refractivity contribution is -0.384. The van der Waals surface area contributed by atoms with Crippen molar-refractivity contribution in [1.82, 2.24) is 9.80 Å². The van der Waals surface area contributed by atoms with Crippen molar-refractivity contribution >= 4 is 23.2 Å². The van der Waals surface area contributed by atoms with Crippen LogP contribution in [0.1, 0.15) is 12.8 Å². The first-order valence-electron chi connectivity index (χ1n) is 11.2. The standard InChI is InChI=1S/C24H28N4O5/c29-23(18-33-22-4-2-1-3-5-22)26-12-10-19(11-13-26)24(30)27-16-14-25(15-17-27)20-6-8-21(9-7-20)28(31)32/h1-9,19H,10-18H2. The number of piperidine rings is 1. The molecule has 0 bridgehead atoms. The number of carbonyl (C=O) groups is 2. The van der Waals surface area contributed by atoms with E-state index >= 15 is 0 Å². The Morgan fingerprint density at radius 3 is 2.12 bits per heavy atom.